The zero-order valence-electron chi connectivity index (χ0n) is 16.9. The van der Waals surface area contributed by atoms with Gasteiger partial charge in [0.05, 0.1) is 29.4 Å². The minimum atomic E-state index is -0.554. The monoisotopic (exact) mass is 392 g/mol. The fraction of sp³-hybridized carbons (Fsp3) is 0.364. The molecular weight excluding hydrogens is 368 g/mol. The highest BCUT2D eigenvalue weighted by atomic mass is 16.5. The first-order chi connectivity index (χ1) is 14.0. The van der Waals surface area contributed by atoms with Crippen LogP contribution in [0.4, 0.5) is 0 Å². The van der Waals surface area contributed by atoms with E-state index in [0.717, 1.165) is 29.5 Å². The second-order valence-electron chi connectivity index (χ2n) is 7.36. The second kappa shape index (κ2) is 7.66. The Balaban J connectivity index is 1.87. The number of carbonyl (C=O) groups is 2. The van der Waals surface area contributed by atoms with E-state index in [1.807, 2.05) is 50.4 Å². The van der Waals surface area contributed by atoms with E-state index in [2.05, 4.69) is 5.10 Å². The number of ether oxygens (including phenoxy) is 1. The van der Waals surface area contributed by atoms with Crippen LogP contribution in [0.3, 0.4) is 0 Å². The molecule has 0 radical (unpaired) electrons. The standard InChI is InChI=1S/C22H24N4O3/c1-14-19-16(21(27)26-12-8-7-11-18(26)22(28)29-3)13-17(15-9-5-4-6-10-15)23-20(19)25(2)24-14/h4-6,9-10,13,18H,7-8,11-12H2,1-3H3. The van der Waals surface area contributed by atoms with Gasteiger partial charge in [-0.2, -0.15) is 5.10 Å². The molecule has 1 fully saturated rings. The fourth-order valence-corrected chi connectivity index (χ4v) is 4.08. The average molecular weight is 392 g/mol. The van der Waals surface area contributed by atoms with Crippen LogP contribution >= 0.6 is 0 Å². The largest absolute Gasteiger partial charge is 0.467 e. The molecule has 150 valence electrons. The number of pyridine rings is 1. The maximum absolute atomic E-state index is 13.6. The van der Waals surface area contributed by atoms with Crippen molar-refractivity contribution in [2.24, 2.45) is 7.05 Å². The van der Waals surface area contributed by atoms with E-state index >= 15 is 0 Å². The zero-order valence-corrected chi connectivity index (χ0v) is 16.9. The number of hydrogen-bond donors (Lipinski definition) is 0. The fourth-order valence-electron chi connectivity index (χ4n) is 4.08. The topological polar surface area (TPSA) is 77.3 Å². The molecule has 3 aromatic rings. The lowest BCUT2D eigenvalue weighted by atomic mass is 9.99. The Morgan fingerprint density at radius 3 is 2.66 bits per heavy atom. The molecule has 1 amide bonds. The highest BCUT2D eigenvalue weighted by molar-refractivity contribution is 6.08. The van der Waals surface area contributed by atoms with Crippen molar-refractivity contribution >= 4 is 22.9 Å². The highest BCUT2D eigenvalue weighted by Crippen LogP contribution is 2.29. The van der Waals surface area contributed by atoms with Gasteiger partial charge in [0.15, 0.2) is 5.65 Å². The van der Waals surface area contributed by atoms with Gasteiger partial charge in [-0.25, -0.2) is 9.78 Å². The number of aromatic nitrogens is 3. The van der Waals surface area contributed by atoms with E-state index < -0.39 is 6.04 Å². The van der Waals surface area contributed by atoms with Gasteiger partial charge in [0.1, 0.15) is 6.04 Å². The molecule has 0 N–H and O–H groups in total. The van der Waals surface area contributed by atoms with E-state index in [-0.39, 0.29) is 11.9 Å². The molecule has 7 nitrogen and oxygen atoms in total. The summed E-state index contributed by atoms with van der Waals surface area (Å²) < 4.78 is 6.65. The van der Waals surface area contributed by atoms with Gasteiger partial charge < -0.3 is 9.64 Å². The Morgan fingerprint density at radius 2 is 1.93 bits per heavy atom. The smallest absolute Gasteiger partial charge is 0.328 e. The van der Waals surface area contributed by atoms with Crippen LogP contribution in [0.5, 0.6) is 0 Å². The summed E-state index contributed by atoms with van der Waals surface area (Å²) in [6.45, 7) is 2.40. The lowest BCUT2D eigenvalue weighted by Gasteiger charge is -2.34. The predicted molar refractivity (Wildman–Crippen MR) is 109 cm³/mol. The number of esters is 1. The van der Waals surface area contributed by atoms with Gasteiger partial charge in [0.25, 0.3) is 5.91 Å². The third kappa shape index (κ3) is 3.37. The molecule has 3 heterocycles. The molecule has 2 aromatic heterocycles. The van der Waals surface area contributed by atoms with E-state index in [1.165, 1.54) is 7.11 Å². The van der Waals surface area contributed by atoms with E-state index in [9.17, 15) is 9.59 Å². The molecule has 1 aliphatic heterocycles. The molecule has 1 aliphatic rings. The van der Waals surface area contributed by atoms with Gasteiger partial charge in [-0.1, -0.05) is 30.3 Å². The van der Waals surface area contributed by atoms with Crippen LogP contribution in [0.1, 0.15) is 35.3 Å². The lowest BCUT2D eigenvalue weighted by molar-refractivity contribution is -0.147. The van der Waals surface area contributed by atoms with E-state index in [1.54, 1.807) is 9.58 Å². The minimum Gasteiger partial charge on any atom is -0.467 e. The molecule has 7 heteroatoms. The van der Waals surface area contributed by atoms with Crippen molar-refractivity contribution in [3.8, 4) is 11.3 Å². The summed E-state index contributed by atoms with van der Waals surface area (Å²) in [7, 11) is 3.19. The lowest BCUT2D eigenvalue weighted by Crippen LogP contribution is -2.48. The number of nitrogens with zero attached hydrogens (tertiary/aromatic N) is 4. The molecule has 1 aromatic carbocycles. The van der Waals surface area contributed by atoms with Crippen molar-refractivity contribution in [2.45, 2.75) is 32.2 Å². The molecule has 0 saturated carbocycles. The number of amides is 1. The number of rotatable bonds is 3. The summed E-state index contributed by atoms with van der Waals surface area (Å²) in [6, 6.07) is 11.0. The molecular formula is C22H24N4O3. The summed E-state index contributed by atoms with van der Waals surface area (Å²) in [4.78, 5) is 32.3. The van der Waals surface area contributed by atoms with Crippen LogP contribution in [-0.2, 0) is 16.6 Å². The third-order valence-corrected chi connectivity index (χ3v) is 5.51. The van der Waals surface area contributed by atoms with Crippen LogP contribution < -0.4 is 0 Å². The van der Waals surface area contributed by atoms with Crippen molar-refractivity contribution in [3.63, 3.8) is 0 Å². The molecule has 29 heavy (non-hydrogen) atoms. The third-order valence-electron chi connectivity index (χ3n) is 5.51. The van der Waals surface area contributed by atoms with Crippen molar-refractivity contribution in [1.82, 2.24) is 19.7 Å². The van der Waals surface area contributed by atoms with Gasteiger partial charge in [0, 0.05) is 19.2 Å². The Morgan fingerprint density at radius 1 is 1.17 bits per heavy atom. The van der Waals surface area contributed by atoms with Crippen LogP contribution in [0, 0.1) is 6.92 Å². The second-order valence-corrected chi connectivity index (χ2v) is 7.36. The summed E-state index contributed by atoms with van der Waals surface area (Å²) in [6.07, 6.45) is 2.38. The number of carbonyl (C=O) groups excluding carboxylic acids is 2. The number of likely N-dealkylation sites (tertiary alicyclic amines) is 1. The highest BCUT2D eigenvalue weighted by Gasteiger charge is 2.34. The number of benzene rings is 1. The zero-order chi connectivity index (χ0) is 20.5. The molecule has 0 bridgehead atoms. The van der Waals surface area contributed by atoms with Crippen molar-refractivity contribution in [1.29, 1.82) is 0 Å². The van der Waals surface area contributed by atoms with Gasteiger partial charge >= 0.3 is 5.97 Å². The Kier molecular flexibility index (Phi) is 5.05. The summed E-state index contributed by atoms with van der Waals surface area (Å²) in [5, 5.41) is 5.20. The summed E-state index contributed by atoms with van der Waals surface area (Å²) in [5.41, 5.74) is 3.54. The maximum Gasteiger partial charge on any atom is 0.328 e. The van der Waals surface area contributed by atoms with E-state index in [0.29, 0.717) is 29.9 Å². The van der Waals surface area contributed by atoms with Crippen molar-refractivity contribution in [3.05, 3.63) is 47.7 Å². The number of aryl methyl sites for hydroxylation is 2. The SMILES string of the molecule is COC(=O)C1CCCCN1C(=O)c1cc(-c2ccccc2)nc2c1c(C)nn2C. The quantitative estimate of drug-likeness (QED) is 0.640. The van der Waals surface area contributed by atoms with Crippen LogP contribution in [0.25, 0.3) is 22.3 Å². The van der Waals surface area contributed by atoms with Crippen molar-refractivity contribution in [2.75, 3.05) is 13.7 Å². The molecule has 1 atom stereocenters. The van der Waals surface area contributed by atoms with Crippen LogP contribution in [0.2, 0.25) is 0 Å². The molecule has 0 aliphatic carbocycles. The maximum atomic E-state index is 13.6. The number of fused-ring (bicyclic) bond motifs is 1. The predicted octanol–water partition coefficient (Wildman–Crippen LogP) is 3.11. The minimum absolute atomic E-state index is 0.180. The van der Waals surface area contributed by atoms with Gasteiger partial charge in [-0.05, 0) is 32.3 Å². The van der Waals surface area contributed by atoms with Gasteiger partial charge in [0.2, 0.25) is 0 Å². The summed E-state index contributed by atoms with van der Waals surface area (Å²) in [5.74, 6) is -0.546. The molecule has 0 spiro atoms. The van der Waals surface area contributed by atoms with Crippen LogP contribution in [-0.4, -0.2) is 51.2 Å². The molecule has 4 rings (SSSR count). The van der Waals surface area contributed by atoms with Crippen molar-refractivity contribution < 1.29 is 14.3 Å². The van der Waals surface area contributed by atoms with Gasteiger partial charge in [-0.15, -0.1) is 0 Å². The summed E-state index contributed by atoms with van der Waals surface area (Å²) >= 11 is 0. The first kappa shape index (κ1) is 19.1. The number of methoxy groups -OCH3 is 1. The first-order valence-corrected chi connectivity index (χ1v) is 9.80. The normalized spacial score (nSPS) is 16.8. The average Bonchev–Trinajstić information content (AvgIpc) is 3.06. The Labute approximate surface area is 169 Å². The molecule has 1 saturated heterocycles. The number of piperidine rings is 1. The first-order valence-electron chi connectivity index (χ1n) is 9.80. The van der Waals surface area contributed by atoms with Gasteiger partial charge in [-0.3, -0.25) is 9.48 Å². The van der Waals surface area contributed by atoms with Crippen LogP contribution in [0.15, 0.2) is 36.4 Å². The Hall–Kier alpha value is -3.22. The number of hydrogen-bond acceptors (Lipinski definition) is 5. The molecule has 1 unspecified atom stereocenters. The Bertz CT molecular complexity index is 1070. The van der Waals surface area contributed by atoms with E-state index in [4.69, 9.17) is 9.72 Å².